The third-order valence-electron chi connectivity index (χ3n) is 3.36. The molecule has 1 fully saturated rings. The van der Waals surface area contributed by atoms with Gasteiger partial charge in [0.2, 0.25) is 5.91 Å². The van der Waals surface area contributed by atoms with E-state index in [-0.39, 0.29) is 23.8 Å². The molecule has 0 atom stereocenters. The zero-order valence-electron chi connectivity index (χ0n) is 12.6. The lowest BCUT2D eigenvalue weighted by molar-refractivity contribution is -0.117. The summed E-state index contributed by atoms with van der Waals surface area (Å²) in [6, 6.07) is 14.3. The van der Waals surface area contributed by atoms with Crippen LogP contribution in [0.25, 0.3) is 0 Å². The summed E-state index contributed by atoms with van der Waals surface area (Å²) in [5.41, 5.74) is 0.551. The second kappa shape index (κ2) is 7.06. The van der Waals surface area contributed by atoms with Crippen LogP contribution in [0.15, 0.2) is 63.7 Å². The van der Waals surface area contributed by atoms with Gasteiger partial charge in [-0.05, 0) is 24.3 Å². The van der Waals surface area contributed by atoms with Crippen LogP contribution in [0.5, 0.6) is 0 Å². The Morgan fingerprint density at radius 2 is 2.08 bits per heavy atom. The normalized spacial score (nSPS) is 16.0. The van der Waals surface area contributed by atoms with Crippen LogP contribution in [0.3, 0.4) is 0 Å². The quantitative estimate of drug-likeness (QED) is 0.683. The average molecular weight is 339 g/mol. The molecule has 0 radical (unpaired) electrons. The maximum absolute atomic E-state index is 12.4. The van der Waals surface area contributed by atoms with Gasteiger partial charge in [-0.25, -0.2) is 0 Å². The van der Waals surface area contributed by atoms with Crippen LogP contribution in [0.1, 0.15) is 5.76 Å². The van der Waals surface area contributed by atoms with Crippen LogP contribution in [0.2, 0.25) is 0 Å². The molecular formula is C17H13N3O3S. The number of hydrogen-bond donors (Lipinski definition) is 1. The van der Waals surface area contributed by atoms with Crippen molar-refractivity contribution in [3.63, 3.8) is 0 Å². The smallest absolute Gasteiger partial charge is 0.265 e. The highest BCUT2D eigenvalue weighted by atomic mass is 32.2. The first-order chi connectivity index (χ1) is 11.7. The van der Waals surface area contributed by atoms with Crippen LogP contribution < -0.4 is 10.2 Å². The van der Waals surface area contributed by atoms with E-state index in [2.05, 4.69) is 5.32 Å². The fourth-order valence-corrected chi connectivity index (χ4v) is 3.27. The van der Waals surface area contributed by atoms with Crippen molar-refractivity contribution in [3.05, 3.63) is 65.1 Å². The zero-order chi connectivity index (χ0) is 16.9. The van der Waals surface area contributed by atoms with E-state index >= 15 is 0 Å². The number of nitrogens with one attached hydrogen (secondary N) is 1. The van der Waals surface area contributed by atoms with Gasteiger partial charge in [-0.15, -0.1) is 0 Å². The van der Waals surface area contributed by atoms with Gasteiger partial charge < -0.3 is 9.73 Å². The molecule has 2 amide bonds. The lowest BCUT2D eigenvalue weighted by Gasteiger charge is -2.18. The molecule has 1 N–H and O–H groups in total. The molecule has 1 aromatic carbocycles. The van der Waals surface area contributed by atoms with E-state index in [4.69, 9.17) is 4.42 Å². The Labute approximate surface area is 142 Å². The van der Waals surface area contributed by atoms with Gasteiger partial charge in [-0.2, -0.15) is 5.26 Å². The fourth-order valence-electron chi connectivity index (χ4n) is 2.26. The highest BCUT2D eigenvalue weighted by Crippen LogP contribution is 2.35. The van der Waals surface area contributed by atoms with Crippen molar-refractivity contribution in [2.75, 3.05) is 10.7 Å². The number of rotatable bonds is 4. The molecule has 1 saturated heterocycles. The van der Waals surface area contributed by atoms with Crippen LogP contribution in [-0.2, 0) is 16.1 Å². The second-order valence-electron chi connectivity index (χ2n) is 4.91. The number of nitriles is 1. The molecule has 2 heterocycles. The lowest BCUT2D eigenvalue weighted by Crippen LogP contribution is -2.29. The van der Waals surface area contributed by atoms with Gasteiger partial charge in [0, 0.05) is 5.69 Å². The summed E-state index contributed by atoms with van der Waals surface area (Å²) in [7, 11) is 0. The Bertz CT molecular complexity index is 823. The number of para-hydroxylation sites is 1. The van der Waals surface area contributed by atoms with Gasteiger partial charge >= 0.3 is 0 Å². The molecular weight excluding hydrogens is 326 g/mol. The summed E-state index contributed by atoms with van der Waals surface area (Å²) >= 11 is 1.19. The van der Waals surface area contributed by atoms with Crippen LogP contribution in [-0.4, -0.2) is 17.6 Å². The Hall–Kier alpha value is -2.98. The molecule has 0 bridgehead atoms. The minimum absolute atomic E-state index is 0.0822. The van der Waals surface area contributed by atoms with Crippen molar-refractivity contribution in [2.24, 2.45) is 0 Å². The monoisotopic (exact) mass is 339 g/mol. The van der Waals surface area contributed by atoms with Crippen molar-refractivity contribution >= 4 is 29.3 Å². The molecule has 24 heavy (non-hydrogen) atoms. The standard InChI is InChI=1S/C17H13N3O3S/c18-9-14(16(22)19-10-13-7-4-8-23-13)17-20(15(21)11-24-17)12-5-2-1-3-6-12/h1-8H,10-11H2,(H,19,22)/b17-14-. The molecule has 0 unspecified atom stereocenters. The van der Waals surface area contributed by atoms with Gasteiger partial charge in [0.15, 0.2) is 0 Å². The molecule has 1 aliphatic rings. The minimum atomic E-state index is -0.535. The zero-order valence-corrected chi connectivity index (χ0v) is 13.4. The van der Waals surface area contributed by atoms with Crippen molar-refractivity contribution in [3.8, 4) is 6.07 Å². The summed E-state index contributed by atoms with van der Waals surface area (Å²) in [5.74, 6) is 0.0847. The van der Waals surface area contributed by atoms with Gasteiger partial charge in [-0.1, -0.05) is 30.0 Å². The third kappa shape index (κ3) is 3.19. The SMILES string of the molecule is N#C/C(C(=O)NCc1ccco1)=C1/SCC(=O)N1c1ccccc1. The first-order valence-corrected chi connectivity index (χ1v) is 8.15. The molecule has 1 aliphatic heterocycles. The number of thioether (sulfide) groups is 1. The summed E-state index contributed by atoms with van der Waals surface area (Å²) in [6.45, 7) is 0.175. The van der Waals surface area contributed by atoms with E-state index in [1.807, 2.05) is 12.1 Å². The second-order valence-corrected chi connectivity index (χ2v) is 5.87. The lowest BCUT2D eigenvalue weighted by atomic mass is 10.2. The van der Waals surface area contributed by atoms with Crippen molar-refractivity contribution in [1.29, 1.82) is 5.26 Å². The Kier molecular flexibility index (Phi) is 4.68. The number of carbonyl (C=O) groups is 2. The highest BCUT2D eigenvalue weighted by Gasteiger charge is 2.32. The van der Waals surface area contributed by atoms with E-state index in [0.29, 0.717) is 16.5 Å². The molecule has 6 nitrogen and oxygen atoms in total. The molecule has 0 spiro atoms. The predicted molar refractivity (Wildman–Crippen MR) is 89.6 cm³/mol. The number of furan rings is 1. The summed E-state index contributed by atoms with van der Waals surface area (Å²) in [5, 5.41) is 12.4. The van der Waals surface area contributed by atoms with Crippen molar-refractivity contribution < 1.29 is 14.0 Å². The minimum Gasteiger partial charge on any atom is -0.467 e. The van der Waals surface area contributed by atoms with Crippen molar-refractivity contribution in [1.82, 2.24) is 5.32 Å². The summed E-state index contributed by atoms with van der Waals surface area (Å²) < 4.78 is 5.15. The number of amides is 2. The summed E-state index contributed by atoms with van der Waals surface area (Å²) in [6.07, 6.45) is 1.51. The Morgan fingerprint density at radius 3 is 2.75 bits per heavy atom. The molecule has 1 aromatic heterocycles. The number of hydrogen-bond acceptors (Lipinski definition) is 5. The number of carbonyl (C=O) groups excluding carboxylic acids is 2. The number of anilines is 1. The van der Waals surface area contributed by atoms with Gasteiger partial charge in [-0.3, -0.25) is 14.5 Å². The van der Waals surface area contributed by atoms with Gasteiger partial charge in [0.25, 0.3) is 5.91 Å². The van der Waals surface area contributed by atoms with Gasteiger partial charge in [0.05, 0.1) is 18.6 Å². The maximum Gasteiger partial charge on any atom is 0.265 e. The van der Waals surface area contributed by atoms with Crippen LogP contribution in [0.4, 0.5) is 5.69 Å². The first-order valence-electron chi connectivity index (χ1n) is 7.16. The molecule has 120 valence electrons. The Balaban J connectivity index is 1.87. The van der Waals surface area contributed by atoms with Crippen LogP contribution >= 0.6 is 11.8 Å². The fraction of sp³-hybridized carbons (Fsp3) is 0.118. The Morgan fingerprint density at radius 1 is 1.29 bits per heavy atom. The van der Waals surface area contributed by atoms with Crippen molar-refractivity contribution in [2.45, 2.75) is 6.54 Å². The average Bonchev–Trinajstić information content (AvgIpc) is 3.24. The number of nitrogens with zero attached hydrogens (tertiary/aromatic N) is 2. The topological polar surface area (TPSA) is 86.3 Å². The molecule has 3 rings (SSSR count). The van der Waals surface area contributed by atoms with Gasteiger partial charge in [0.1, 0.15) is 22.4 Å². The predicted octanol–water partition coefficient (Wildman–Crippen LogP) is 2.41. The first kappa shape index (κ1) is 15.9. The summed E-state index contributed by atoms with van der Waals surface area (Å²) in [4.78, 5) is 26.0. The van der Waals surface area contributed by atoms with E-state index in [9.17, 15) is 14.9 Å². The third-order valence-corrected chi connectivity index (χ3v) is 4.41. The molecule has 2 aromatic rings. The van der Waals surface area contributed by atoms with E-state index in [1.165, 1.54) is 22.9 Å². The largest absolute Gasteiger partial charge is 0.467 e. The van der Waals surface area contributed by atoms with E-state index in [0.717, 1.165) is 0 Å². The number of benzene rings is 1. The highest BCUT2D eigenvalue weighted by molar-refractivity contribution is 8.04. The molecule has 0 saturated carbocycles. The van der Waals surface area contributed by atoms with E-state index < -0.39 is 5.91 Å². The van der Waals surface area contributed by atoms with E-state index in [1.54, 1.807) is 36.4 Å². The maximum atomic E-state index is 12.4. The molecule has 0 aliphatic carbocycles. The molecule has 7 heteroatoms. The van der Waals surface area contributed by atoms with Crippen LogP contribution in [0, 0.1) is 11.3 Å².